The fourth-order valence-corrected chi connectivity index (χ4v) is 3.25. The fraction of sp³-hybridized carbons (Fsp3) is 0.333. The number of carbonyl (C=O) groups excluding carboxylic acids is 2. The number of fused-ring (bicyclic) bond motifs is 1. The molecule has 0 amide bonds. The summed E-state index contributed by atoms with van der Waals surface area (Å²) < 4.78 is 39.7. The lowest BCUT2D eigenvalue weighted by atomic mass is 9.90. The molecule has 1 aliphatic carbocycles. The van der Waals surface area contributed by atoms with Crippen molar-refractivity contribution in [2.24, 2.45) is 0 Å². The van der Waals surface area contributed by atoms with Gasteiger partial charge in [0, 0.05) is 5.56 Å². The molecular weight excluding hydrogens is 370 g/mol. The number of methoxy groups -OCH3 is 1. The molecule has 0 atom stereocenters. The predicted octanol–water partition coefficient (Wildman–Crippen LogP) is 4.22. The first-order valence-electron chi connectivity index (χ1n) is 8.93. The number of aryl methyl sites for hydroxylation is 2. The van der Waals surface area contributed by atoms with Crippen LogP contribution in [0.4, 0.5) is 8.78 Å². The molecule has 7 heteroatoms. The molecule has 148 valence electrons. The maximum atomic E-state index is 12.7. The van der Waals surface area contributed by atoms with Gasteiger partial charge < -0.3 is 14.2 Å². The van der Waals surface area contributed by atoms with E-state index in [0.29, 0.717) is 5.56 Å². The van der Waals surface area contributed by atoms with Crippen molar-refractivity contribution in [2.75, 3.05) is 13.7 Å². The number of hydrogen-bond donors (Lipinski definition) is 0. The number of rotatable bonds is 7. The van der Waals surface area contributed by atoms with Crippen LogP contribution in [0.25, 0.3) is 0 Å². The lowest BCUT2D eigenvalue weighted by Crippen LogP contribution is -2.17. The molecule has 0 N–H and O–H groups in total. The van der Waals surface area contributed by atoms with E-state index in [9.17, 15) is 18.4 Å². The van der Waals surface area contributed by atoms with Gasteiger partial charge in [0.1, 0.15) is 5.56 Å². The molecule has 0 saturated heterocycles. The first kappa shape index (κ1) is 19.8. The Morgan fingerprint density at radius 3 is 2.54 bits per heavy atom. The highest BCUT2D eigenvalue weighted by molar-refractivity contribution is 6.00. The van der Waals surface area contributed by atoms with Crippen LogP contribution >= 0.6 is 0 Å². The van der Waals surface area contributed by atoms with Gasteiger partial charge in [0.05, 0.1) is 7.11 Å². The van der Waals surface area contributed by atoms with Gasteiger partial charge in [-0.05, 0) is 55.0 Å². The Labute approximate surface area is 161 Å². The maximum absolute atomic E-state index is 12.7. The van der Waals surface area contributed by atoms with Crippen molar-refractivity contribution in [3.8, 4) is 11.5 Å². The van der Waals surface area contributed by atoms with Gasteiger partial charge in [0.15, 0.2) is 23.9 Å². The normalized spacial score (nSPS) is 13.0. The van der Waals surface area contributed by atoms with Crippen molar-refractivity contribution in [1.82, 2.24) is 0 Å². The lowest BCUT2D eigenvalue weighted by molar-refractivity contribution is -0.0518. The second-order valence-corrected chi connectivity index (χ2v) is 6.41. The van der Waals surface area contributed by atoms with E-state index in [1.807, 2.05) is 12.1 Å². The Bertz CT molecular complexity index is 879. The zero-order valence-corrected chi connectivity index (χ0v) is 15.4. The summed E-state index contributed by atoms with van der Waals surface area (Å²) in [5, 5.41) is 0. The van der Waals surface area contributed by atoms with E-state index in [-0.39, 0.29) is 17.1 Å². The van der Waals surface area contributed by atoms with E-state index >= 15 is 0 Å². The molecule has 0 saturated carbocycles. The Hall–Kier alpha value is -2.96. The molecule has 5 nitrogen and oxygen atoms in total. The summed E-state index contributed by atoms with van der Waals surface area (Å²) in [6, 6.07) is 9.58. The molecule has 0 heterocycles. The molecule has 0 spiro atoms. The molecule has 0 aliphatic heterocycles. The van der Waals surface area contributed by atoms with Crippen LogP contribution in [0, 0.1) is 0 Å². The molecule has 28 heavy (non-hydrogen) atoms. The van der Waals surface area contributed by atoms with E-state index < -0.39 is 24.9 Å². The second kappa shape index (κ2) is 8.82. The van der Waals surface area contributed by atoms with Gasteiger partial charge in [-0.1, -0.05) is 18.2 Å². The molecule has 0 radical (unpaired) electrons. The van der Waals surface area contributed by atoms with Crippen molar-refractivity contribution in [2.45, 2.75) is 32.3 Å². The number of Topliss-reactive ketones (excluding diaryl/α,β-unsaturated/α-hetero) is 1. The smallest absolute Gasteiger partial charge is 0.387 e. The van der Waals surface area contributed by atoms with E-state index in [0.717, 1.165) is 31.2 Å². The Balaban J connectivity index is 1.71. The third-order valence-electron chi connectivity index (χ3n) is 4.63. The van der Waals surface area contributed by atoms with Crippen LogP contribution in [0.2, 0.25) is 0 Å². The van der Waals surface area contributed by atoms with Crippen LogP contribution < -0.4 is 9.47 Å². The summed E-state index contributed by atoms with van der Waals surface area (Å²) in [5.41, 5.74) is 2.61. The van der Waals surface area contributed by atoms with Crippen molar-refractivity contribution >= 4 is 11.8 Å². The second-order valence-electron chi connectivity index (χ2n) is 6.41. The average Bonchev–Trinajstić information content (AvgIpc) is 2.71. The number of halogens is 2. The topological polar surface area (TPSA) is 61.8 Å². The third-order valence-corrected chi connectivity index (χ3v) is 4.63. The molecular formula is C21H20F2O5. The number of esters is 1. The Morgan fingerprint density at radius 1 is 1.07 bits per heavy atom. The fourth-order valence-electron chi connectivity index (χ4n) is 3.25. The minimum absolute atomic E-state index is 0.0317. The van der Waals surface area contributed by atoms with E-state index in [2.05, 4.69) is 4.74 Å². The lowest BCUT2D eigenvalue weighted by Gasteiger charge is -2.16. The van der Waals surface area contributed by atoms with Crippen LogP contribution in [0.15, 0.2) is 36.4 Å². The molecule has 0 fully saturated rings. The molecule has 3 rings (SSSR count). The number of carbonyl (C=O) groups is 2. The first-order chi connectivity index (χ1) is 13.5. The van der Waals surface area contributed by atoms with E-state index in [1.165, 1.54) is 30.9 Å². The van der Waals surface area contributed by atoms with Gasteiger partial charge >= 0.3 is 12.6 Å². The largest absolute Gasteiger partial charge is 0.493 e. The number of ketones is 1. The summed E-state index contributed by atoms with van der Waals surface area (Å²) in [5.74, 6) is -1.76. The summed E-state index contributed by atoms with van der Waals surface area (Å²) >= 11 is 0. The van der Waals surface area contributed by atoms with Gasteiger partial charge in [-0.15, -0.1) is 0 Å². The van der Waals surface area contributed by atoms with Crippen LogP contribution in [0.3, 0.4) is 0 Å². The zero-order valence-electron chi connectivity index (χ0n) is 15.4. The van der Waals surface area contributed by atoms with Crippen LogP contribution in [0.5, 0.6) is 11.5 Å². The molecule has 2 aromatic rings. The van der Waals surface area contributed by atoms with Crippen molar-refractivity contribution in [3.05, 3.63) is 58.7 Å². The minimum atomic E-state index is -3.14. The van der Waals surface area contributed by atoms with Crippen molar-refractivity contribution in [3.63, 3.8) is 0 Å². The number of para-hydroxylation sites is 1. The number of benzene rings is 2. The zero-order chi connectivity index (χ0) is 20.1. The van der Waals surface area contributed by atoms with Crippen molar-refractivity contribution in [1.29, 1.82) is 0 Å². The molecule has 2 aromatic carbocycles. The van der Waals surface area contributed by atoms with Gasteiger partial charge in [0.25, 0.3) is 0 Å². The van der Waals surface area contributed by atoms with Crippen LogP contribution in [0.1, 0.15) is 44.7 Å². The minimum Gasteiger partial charge on any atom is -0.493 e. The highest BCUT2D eigenvalue weighted by Crippen LogP contribution is 2.33. The number of ether oxygens (including phenoxy) is 3. The Kier molecular flexibility index (Phi) is 6.23. The number of alkyl halides is 2. The van der Waals surface area contributed by atoms with Crippen LogP contribution in [-0.2, 0) is 17.6 Å². The van der Waals surface area contributed by atoms with Gasteiger partial charge in [-0.25, -0.2) is 4.79 Å². The first-order valence-corrected chi connectivity index (χ1v) is 8.93. The van der Waals surface area contributed by atoms with Gasteiger partial charge in [-0.3, -0.25) is 4.79 Å². The quantitative estimate of drug-likeness (QED) is 0.523. The molecule has 0 bridgehead atoms. The monoisotopic (exact) mass is 390 g/mol. The van der Waals surface area contributed by atoms with E-state index in [1.54, 1.807) is 6.07 Å². The SMILES string of the molecule is COc1cccc(C(=O)OCC(=O)c2ccc3c(c2)CCCC3)c1OC(F)F. The van der Waals surface area contributed by atoms with Gasteiger partial charge in [-0.2, -0.15) is 8.78 Å². The maximum Gasteiger partial charge on any atom is 0.387 e. The third kappa shape index (κ3) is 4.47. The molecule has 0 aromatic heterocycles. The molecule has 1 aliphatic rings. The number of hydrogen-bond acceptors (Lipinski definition) is 5. The van der Waals surface area contributed by atoms with Crippen molar-refractivity contribution < 1.29 is 32.6 Å². The van der Waals surface area contributed by atoms with Gasteiger partial charge in [0.2, 0.25) is 0 Å². The summed E-state index contributed by atoms with van der Waals surface area (Å²) in [7, 11) is 1.27. The highest BCUT2D eigenvalue weighted by Gasteiger charge is 2.22. The molecule has 0 unspecified atom stereocenters. The Morgan fingerprint density at radius 2 is 1.82 bits per heavy atom. The highest BCUT2D eigenvalue weighted by atomic mass is 19.3. The standard InChI is InChI=1S/C21H20F2O5/c1-26-18-8-4-7-16(19(18)28-21(22)23)20(25)27-12-17(24)15-10-9-13-5-2-3-6-14(13)11-15/h4,7-11,21H,2-3,5-6,12H2,1H3. The van der Waals surface area contributed by atoms with E-state index in [4.69, 9.17) is 9.47 Å². The summed E-state index contributed by atoms with van der Waals surface area (Å²) in [4.78, 5) is 24.7. The van der Waals surface area contributed by atoms with Crippen LogP contribution in [-0.4, -0.2) is 32.1 Å². The summed E-state index contributed by atoms with van der Waals surface area (Å²) in [6.45, 7) is -3.64. The average molecular weight is 390 g/mol. The summed E-state index contributed by atoms with van der Waals surface area (Å²) in [6.07, 6.45) is 4.15. The predicted molar refractivity (Wildman–Crippen MR) is 97.3 cm³/mol.